The van der Waals surface area contributed by atoms with Crippen LogP contribution in [0.3, 0.4) is 0 Å². The van der Waals surface area contributed by atoms with E-state index in [0.29, 0.717) is 0 Å². The fourth-order valence-electron chi connectivity index (χ4n) is 4.69. The van der Waals surface area contributed by atoms with Crippen LogP contribution in [-0.2, 0) is 9.59 Å². The van der Waals surface area contributed by atoms with Crippen LogP contribution >= 0.6 is 0 Å². The number of carbonyl (C=O) groups is 2. The molecule has 2 heterocycles. The molecule has 5 nitrogen and oxygen atoms in total. The Morgan fingerprint density at radius 1 is 0.839 bits per heavy atom. The molecule has 1 saturated heterocycles. The first-order valence-electron chi connectivity index (χ1n) is 12.3. The molecular weight excluding hydrogens is 386 g/mol. The summed E-state index contributed by atoms with van der Waals surface area (Å²) >= 11 is 0. The molecule has 0 saturated carbocycles. The number of carbonyl (C=O) groups excluding carboxylic acids is 2. The number of fused-ring (bicyclic) bond motifs is 1. The average molecular weight is 426 g/mol. The van der Waals surface area contributed by atoms with Crippen molar-refractivity contribution >= 4 is 22.7 Å². The van der Waals surface area contributed by atoms with Gasteiger partial charge in [0.15, 0.2) is 0 Å². The van der Waals surface area contributed by atoms with Crippen molar-refractivity contribution in [3.05, 3.63) is 36.0 Å². The quantitative estimate of drug-likeness (QED) is 0.367. The Morgan fingerprint density at radius 3 is 2.19 bits per heavy atom. The number of unbranched alkanes of at least 4 members (excludes halogenated alkanes) is 9. The van der Waals surface area contributed by atoms with E-state index in [1.54, 1.807) is 0 Å². The summed E-state index contributed by atoms with van der Waals surface area (Å²) in [7, 11) is 0. The summed E-state index contributed by atoms with van der Waals surface area (Å²) in [5.41, 5.74) is 2.11. The molecule has 0 radical (unpaired) electrons. The molecule has 1 aliphatic rings. The van der Waals surface area contributed by atoms with Gasteiger partial charge in [-0.25, -0.2) is 0 Å². The molecule has 3 N–H and O–H groups in total. The lowest BCUT2D eigenvalue weighted by molar-refractivity contribution is -0.137. The fourth-order valence-corrected chi connectivity index (χ4v) is 4.69. The van der Waals surface area contributed by atoms with Crippen LogP contribution in [0.2, 0.25) is 0 Å². The van der Waals surface area contributed by atoms with Gasteiger partial charge in [-0.2, -0.15) is 0 Å². The van der Waals surface area contributed by atoms with Crippen molar-refractivity contribution < 1.29 is 9.59 Å². The molecule has 1 aliphatic heterocycles. The van der Waals surface area contributed by atoms with Crippen molar-refractivity contribution in [2.75, 3.05) is 0 Å². The van der Waals surface area contributed by atoms with Crippen LogP contribution in [0.25, 0.3) is 10.9 Å². The van der Waals surface area contributed by atoms with E-state index in [1.165, 1.54) is 51.4 Å². The highest BCUT2D eigenvalue weighted by Gasteiger charge is 2.37. The number of hydrogen-bond acceptors (Lipinski definition) is 2. The van der Waals surface area contributed by atoms with Crippen molar-refractivity contribution in [1.29, 1.82) is 0 Å². The number of amides is 2. The molecule has 3 atom stereocenters. The van der Waals surface area contributed by atoms with Crippen LogP contribution in [0.15, 0.2) is 30.5 Å². The van der Waals surface area contributed by atoms with Crippen LogP contribution in [0.4, 0.5) is 0 Å². The smallest absolute Gasteiger partial charge is 0.243 e. The van der Waals surface area contributed by atoms with Gasteiger partial charge in [0.05, 0.1) is 0 Å². The minimum absolute atomic E-state index is 0.0489. The van der Waals surface area contributed by atoms with Gasteiger partial charge in [-0.05, 0) is 18.1 Å². The molecule has 0 bridgehead atoms. The van der Waals surface area contributed by atoms with Gasteiger partial charge in [0.1, 0.15) is 12.1 Å². The maximum absolute atomic E-state index is 12.8. The van der Waals surface area contributed by atoms with E-state index in [1.807, 2.05) is 37.4 Å². The highest BCUT2D eigenvalue weighted by Crippen LogP contribution is 2.28. The van der Waals surface area contributed by atoms with Gasteiger partial charge in [-0.15, -0.1) is 0 Å². The molecule has 0 spiro atoms. The van der Waals surface area contributed by atoms with E-state index in [9.17, 15) is 9.59 Å². The van der Waals surface area contributed by atoms with Crippen LogP contribution in [0.1, 0.15) is 96.0 Å². The number of aromatic nitrogens is 1. The Labute approximate surface area is 186 Å². The third kappa shape index (κ3) is 6.34. The Bertz CT molecular complexity index is 844. The zero-order valence-electron chi connectivity index (χ0n) is 19.2. The Kier molecular flexibility index (Phi) is 8.98. The van der Waals surface area contributed by atoms with Gasteiger partial charge < -0.3 is 15.6 Å². The summed E-state index contributed by atoms with van der Waals surface area (Å²) in [4.78, 5) is 28.7. The standard InChI is InChI=1S/C26H39N3O2/c1-3-4-5-6-7-8-9-10-11-12-17-23-25(30)29-24(26(31)28-23)19(2)21-18-27-22-16-14-13-15-20(21)22/h13-16,18-19,23-24,27H,3-12,17H2,1-2H3,(H,28,31)(H,29,30)/t19?,23-,24-/m1/s1. The minimum Gasteiger partial charge on any atom is -0.361 e. The zero-order valence-corrected chi connectivity index (χ0v) is 19.2. The van der Waals surface area contributed by atoms with Crippen LogP contribution in [-0.4, -0.2) is 28.9 Å². The minimum atomic E-state index is -0.532. The van der Waals surface area contributed by atoms with Gasteiger partial charge in [0.2, 0.25) is 11.8 Å². The summed E-state index contributed by atoms with van der Waals surface area (Å²) in [6.07, 6.45) is 15.3. The second-order valence-corrected chi connectivity index (χ2v) is 9.10. The number of benzene rings is 1. The number of piperazine rings is 1. The molecule has 2 aromatic rings. The molecule has 0 aliphatic carbocycles. The number of H-pyrrole nitrogens is 1. The van der Waals surface area contributed by atoms with Crippen molar-refractivity contribution in [1.82, 2.24) is 15.6 Å². The largest absolute Gasteiger partial charge is 0.361 e. The van der Waals surface area contributed by atoms with E-state index < -0.39 is 12.1 Å². The predicted octanol–water partition coefficient (Wildman–Crippen LogP) is 5.57. The fraction of sp³-hybridized carbons (Fsp3) is 0.615. The molecule has 1 fully saturated rings. The van der Waals surface area contributed by atoms with Crippen molar-refractivity contribution in [2.45, 2.75) is 102 Å². The molecule has 2 amide bonds. The van der Waals surface area contributed by atoms with Crippen molar-refractivity contribution in [2.24, 2.45) is 0 Å². The highest BCUT2D eigenvalue weighted by atomic mass is 16.2. The first-order valence-corrected chi connectivity index (χ1v) is 12.3. The molecular formula is C26H39N3O2. The van der Waals surface area contributed by atoms with Crippen molar-refractivity contribution in [3.8, 4) is 0 Å². The van der Waals surface area contributed by atoms with E-state index in [4.69, 9.17) is 0 Å². The Hall–Kier alpha value is -2.30. The van der Waals surface area contributed by atoms with Gasteiger partial charge in [-0.3, -0.25) is 9.59 Å². The van der Waals surface area contributed by atoms with Gasteiger partial charge in [0, 0.05) is 23.0 Å². The Morgan fingerprint density at radius 2 is 1.48 bits per heavy atom. The van der Waals surface area contributed by atoms with E-state index in [0.717, 1.165) is 35.7 Å². The maximum Gasteiger partial charge on any atom is 0.243 e. The summed E-state index contributed by atoms with van der Waals surface area (Å²) in [5, 5.41) is 7.07. The second-order valence-electron chi connectivity index (χ2n) is 9.10. The van der Waals surface area contributed by atoms with E-state index in [-0.39, 0.29) is 17.7 Å². The summed E-state index contributed by atoms with van der Waals surface area (Å²) < 4.78 is 0. The summed E-state index contributed by atoms with van der Waals surface area (Å²) in [6.45, 7) is 4.25. The van der Waals surface area contributed by atoms with Gasteiger partial charge in [0.25, 0.3) is 0 Å². The first kappa shape index (κ1) is 23.4. The van der Waals surface area contributed by atoms with Crippen LogP contribution < -0.4 is 10.6 Å². The third-order valence-corrected chi connectivity index (χ3v) is 6.67. The maximum atomic E-state index is 12.8. The van der Waals surface area contributed by atoms with E-state index >= 15 is 0 Å². The third-order valence-electron chi connectivity index (χ3n) is 6.67. The number of nitrogens with one attached hydrogen (secondary N) is 3. The topological polar surface area (TPSA) is 74.0 Å². The van der Waals surface area contributed by atoms with Gasteiger partial charge >= 0.3 is 0 Å². The molecule has 31 heavy (non-hydrogen) atoms. The molecule has 170 valence electrons. The lowest BCUT2D eigenvalue weighted by atomic mass is 9.90. The summed E-state index contributed by atoms with van der Waals surface area (Å²) in [6, 6.07) is 7.13. The van der Waals surface area contributed by atoms with Gasteiger partial charge in [-0.1, -0.05) is 96.3 Å². The monoisotopic (exact) mass is 425 g/mol. The normalized spacial score (nSPS) is 19.9. The lowest BCUT2D eigenvalue weighted by Crippen LogP contribution is -2.62. The predicted molar refractivity (Wildman–Crippen MR) is 127 cm³/mol. The molecule has 1 aromatic heterocycles. The summed E-state index contributed by atoms with van der Waals surface area (Å²) in [5.74, 6) is -0.222. The molecule has 1 aromatic carbocycles. The number of rotatable bonds is 13. The molecule has 1 unspecified atom stereocenters. The number of para-hydroxylation sites is 1. The average Bonchev–Trinajstić information content (AvgIpc) is 3.21. The highest BCUT2D eigenvalue weighted by molar-refractivity contribution is 5.98. The van der Waals surface area contributed by atoms with Crippen molar-refractivity contribution in [3.63, 3.8) is 0 Å². The number of hydrogen-bond donors (Lipinski definition) is 3. The van der Waals surface area contributed by atoms with Crippen LogP contribution in [0, 0.1) is 0 Å². The van der Waals surface area contributed by atoms with Crippen LogP contribution in [0.5, 0.6) is 0 Å². The Balaban J connectivity index is 1.39. The molecule has 5 heteroatoms. The zero-order chi connectivity index (χ0) is 22.1. The lowest BCUT2D eigenvalue weighted by Gasteiger charge is -2.33. The molecule has 3 rings (SSSR count). The van der Waals surface area contributed by atoms with E-state index in [2.05, 4.69) is 22.5 Å². The first-order chi connectivity index (χ1) is 15.1. The SMILES string of the molecule is CCCCCCCCCCCC[C@H]1NC(=O)[C@@H](C(C)c2c[nH]c3ccccc23)NC1=O. The number of aromatic amines is 1. The second kappa shape index (κ2) is 11.9.